The lowest BCUT2D eigenvalue weighted by Gasteiger charge is -2.28. The molecule has 0 aliphatic carbocycles. The van der Waals surface area contributed by atoms with Gasteiger partial charge in [0.2, 0.25) is 28.7 Å². The Bertz CT molecular complexity index is 7640. The molecule has 710 valence electrons. The first-order valence-electron chi connectivity index (χ1n) is 45.8. The number of aromatic amines is 1. The average molecular weight is 1920 g/mol. The lowest BCUT2D eigenvalue weighted by atomic mass is 9.97. The fourth-order valence-corrected chi connectivity index (χ4v) is 17.8. The zero-order valence-electron chi connectivity index (χ0n) is 76.5. The molecule has 24 nitrogen and oxygen atoms in total. The molecule has 6 heterocycles. The van der Waals surface area contributed by atoms with Crippen molar-refractivity contribution in [3.05, 3.63) is 500 Å². The minimum absolute atomic E-state index is 0.0106. The molecular weight excluding hydrogens is 1840 g/mol. The summed E-state index contributed by atoms with van der Waals surface area (Å²) < 4.78 is 149. The van der Waals surface area contributed by atoms with E-state index in [4.69, 9.17) is 75.8 Å². The molecule has 144 heavy (non-hydrogen) atoms. The highest BCUT2D eigenvalue weighted by molar-refractivity contribution is 6.00. The third-order valence-corrected chi connectivity index (χ3v) is 24.5. The quantitative estimate of drug-likeness (QED) is 0.0434. The molecular formula is C117H79F3N2O22. The zero-order chi connectivity index (χ0) is 98.7. The van der Waals surface area contributed by atoms with Crippen molar-refractivity contribution in [3.63, 3.8) is 0 Å². The number of nitrogens with one attached hydrogen (secondary N) is 1. The maximum Gasteiger partial charge on any atom is 0.416 e. The van der Waals surface area contributed by atoms with E-state index in [2.05, 4.69) is 10.2 Å². The van der Waals surface area contributed by atoms with Crippen molar-refractivity contribution in [1.82, 2.24) is 10.2 Å². The number of carbonyl (C=O) groups is 6. The van der Waals surface area contributed by atoms with Crippen LogP contribution in [0.1, 0.15) is 156 Å². The predicted molar refractivity (Wildman–Crippen MR) is 514 cm³/mol. The lowest BCUT2D eigenvalue weighted by Crippen LogP contribution is -2.36. The minimum Gasteiger partial charge on any atom is -0.456 e. The largest absolute Gasteiger partial charge is 0.456 e. The maximum absolute atomic E-state index is 16.2. The van der Waals surface area contributed by atoms with Crippen LogP contribution in [0.4, 0.5) is 13.2 Å². The Hall–Kier alpha value is -18.7. The summed E-state index contributed by atoms with van der Waals surface area (Å²) in [7, 11) is 0. The van der Waals surface area contributed by atoms with Crippen LogP contribution in [0.2, 0.25) is 0 Å². The fourth-order valence-electron chi connectivity index (χ4n) is 17.8. The highest BCUT2D eigenvalue weighted by Gasteiger charge is 2.55. The number of hydrogen-bond acceptors (Lipinski definition) is 23. The summed E-state index contributed by atoms with van der Waals surface area (Å²) in [6, 6.07) is 108. The van der Waals surface area contributed by atoms with E-state index in [9.17, 15) is 22.8 Å². The van der Waals surface area contributed by atoms with Crippen molar-refractivity contribution >= 4 is 35.8 Å². The molecule has 16 aromatic carbocycles. The van der Waals surface area contributed by atoms with Crippen LogP contribution in [0.25, 0.3) is 0 Å². The summed E-state index contributed by atoms with van der Waals surface area (Å²) in [5.41, 5.74) is 2.36. The van der Waals surface area contributed by atoms with Crippen molar-refractivity contribution in [3.8, 4) is 86.2 Å². The number of rotatable bonds is 24. The minimum atomic E-state index is -4.54. The van der Waals surface area contributed by atoms with Gasteiger partial charge < -0.3 is 75.8 Å². The van der Waals surface area contributed by atoms with Crippen LogP contribution in [0, 0.1) is 0 Å². The Morgan fingerprint density at radius 2 is 0.479 bits per heavy atom. The van der Waals surface area contributed by atoms with Crippen molar-refractivity contribution in [2.45, 2.75) is 74.3 Å². The first kappa shape index (κ1) is 90.5. The molecule has 5 aliphatic rings. The first-order valence-corrected chi connectivity index (χ1v) is 45.8. The van der Waals surface area contributed by atoms with E-state index in [1.54, 1.807) is 276 Å². The highest BCUT2D eigenvalue weighted by Crippen LogP contribution is 2.60. The number of benzene rings is 16. The Balaban J connectivity index is 0.649. The molecule has 0 spiro atoms. The molecule has 0 saturated carbocycles. The maximum atomic E-state index is 16.2. The molecule has 0 saturated heterocycles. The van der Waals surface area contributed by atoms with Gasteiger partial charge >= 0.3 is 70.9 Å². The molecule has 1 N–H and O–H groups in total. The van der Waals surface area contributed by atoms with Gasteiger partial charge in [-0.05, 0) is 118 Å². The summed E-state index contributed by atoms with van der Waals surface area (Å²) in [6.45, 7) is 5.11. The monoisotopic (exact) mass is 1920 g/mol. The number of fused-ring (bicyclic) bond motifs is 5. The summed E-state index contributed by atoms with van der Waals surface area (Å²) in [5, 5.41) is 7.03. The number of aryl methyl sites for hydroxylation is 2. The molecule has 27 heteroatoms. The van der Waals surface area contributed by atoms with Crippen LogP contribution in [-0.2, 0) is 52.7 Å². The number of alkyl halides is 3. The number of esters is 6. The Morgan fingerprint density at radius 1 is 0.264 bits per heavy atom. The van der Waals surface area contributed by atoms with E-state index in [1.165, 1.54) is 78.9 Å². The van der Waals surface area contributed by atoms with Crippen molar-refractivity contribution in [1.29, 1.82) is 0 Å². The van der Waals surface area contributed by atoms with Gasteiger partial charge in [-0.3, -0.25) is 5.10 Å². The van der Waals surface area contributed by atoms with Gasteiger partial charge in [-0.1, -0.05) is 315 Å². The molecule has 0 amide bonds. The molecule has 17 aromatic rings. The van der Waals surface area contributed by atoms with Crippen LogP contribution in [0.15, 0.2) is 394 Å². The number of aromatic nitrogens is 2. The van der Waals surface area contributed by atoms with Crippen LogP contribution in [0.3, 0.4) is 0 Å². The molecule has 0 unspecified atom stereocenters. The average Bonchev–Trinajstić information content (AvgIpc) is 1.58. The Kier molecular flexibility index (Phi) is 22.8. The molecule has 0 bridgehead atoms. The number of hydrogen-bond donors (Lipinski definition) is 1. The van der Waals surface area contributed by atoms with Gasteiger partial charge in [0, 0.05) is 55.6 Å². The molecule has 0 radical (unpaired) electrons. The van der Waals surface area contributed by atoms with Gasteiger partial charge in [0.1, 0.15) is 11.3 Å². The zero-order valence-corrected chi connectivity index (χ0v) is 76.5. The van der Waals surface area contributed by atoms with Gasteiger partial charge in [0.05, 0.1) is 39.1 Å². The summed E-state index contributed by atoms with van der Waals surface area (Å²) in [4.78, 5) is 93.0. The van der Waals surface area contributed by atoms with Crippen LogP contribution in [-0.4, -0.2) is 51.6 Å². The third kappa shape index (κ3) is 16.9. The predicted octanol–water partition coefficient (Wildman–Crippen LogP) is 23.6. The summed E-state index contributed by atoms with van der Waals surface area (Å²) >= 11 is 0. The normalized spacial score (nSPS) is 14.5. The third-order valence-electron chi connectivity index (χ3n) is 24.5. The van der Waals surface area contributed by atoms with Crippen molar-refractivity contribution in [2.24, 2.45) is 0 Å². The van der Waals surface area contributed by atoms with Gasteiger partial charge in [-0.25, -0.2) is 28.8 Å². The highest BCUT2D eigenvalue weighted by atomic mass is 19.4. The van der Waals surface area contributed by atoms with Crippen LogP contribution in [0.5, 0.6) is 86.2 Å². The van der Waals surface area contributed by atoms with E-state index >= 15 is 19.2 Å². The van der Waals surface area contributed by atoms with Gasteiger partial charge in [-0.2, -0.15) is 18.3 Å². The molecule has 22 rings (SSSR count). The van der Waals surface area contributed by atoms with Crippen LogP contribution >= 0.6 is 0 Å². The van der Waals surface area contributed by atoms with E-state index in [0.717, 1.165) is 12.1 Å². The number of nitrogens with zero attached hydrogens (tertiary/aromatic N) is 1. The number of halogens is 3. The van der Waals surface area contributed by atoms with Gasteiger partial charge in [-0.15, -0.1) is 0 Å². The second-order valence-corrected chi connectivity index (χ2v) is 35.2. The number of carbonyl (C=O) groups excluding carboxylic acids is 6. The Labute approximate surface area is 820 Å². The van der Waals surface area contributed by atoms with Gasteiger partial charge in [0.25, 0.3) is 0 Å². The van der Waals surface area contributed by atoms with Crippen LogP contribution < -0.4 is 71.1 Å². The van der Waals surface area contributed by atoms with E-state index in [0.29, 0.717) is 66.9 Å². The summed E-state index contributed by atoms with van der Waals surface area (Å²) in [6.07, 6.45) is -4.08. The first-order chi connectivity index (χ1) is 69.8. The number of ether oxygens (including phenoxy) is 16. The SMILES string of the molecule is CC(C)(C)OC(=O)c1cc(OC(=O)c2cc(OC(=O)c3cc(OC(=O)c4cc(OC(=O)c5cc(OC(=O)c6cc(CCc7ccc(C(F)(F)F)cc7)n[nH]6)c6c(c5)OC(c5ccccc5)(c5ccccc5)O6)c5c(c4)OC(c4ccccc4)(c4ccccc4)O5)c4c(c3)OC(c3ccccc3)(c3ccccc3)O4)c3c(c2)OC(c2ccccc2)(c2ccccc2)O3)c2c(c1)OC(c1ccccc1)(c1ccccc1)O2. The molecule has 1 aromatic heterocycles. The smallest absolute Gasteiger partial charge is 0.416 e. The summed E-state index contributed by atoms with van der Waals surface area (Å²) in [5.74, 6) is -18.8. The molecule has 0 fully saturated rings. The van der Waals surface area contributed by atoms with Gasteiger partial charge in [0.15, 0.2) is 57.5 Å². The van der Waals surface area contributed by atoms with Crippen molar-refractivity contribution < 1.29 is 118 Å². The molecule has 5 aliphatic heterocycles. The second kappa shape index (κ2) is 36.3. The fraction of sp³-hybridized carbons (Fsp3) is 0.103. The lowest BCUT2D eigenvalue weighted by molar-refractivity contribution is -0.137. The van der Waals surface area contributed by atoms with E-state index in [-0.39, 0.29) is 115 Å². The Morgan fingerprint density at radius 3 is 0.694 bits per heavy atom. The molecule has 0 atom stereocenters. The number of H-pyrrole nitrogens is 1. The van der Waals surface area contributed by atoms with E-state index < -0.39 is 99.3 Å². The standard InChI is InChI=1S/C117H79F3N2O22/c1-111(2,3)144-109(127)76-64-93(103-99(69-76)138-116(142-103,85-50-30-12-31-51-85)86-52-32-13-33-53-86)132-107(125)74-62-91(101-97(67-74)136-114(140-101,81-42-22-8-23-43-81)82-44-24-9-25-45-82)130-105(123)72-60-90(100-95(65-72)134-112(139-100,77-34-14-4-15-35-77)78-36-16-5-17-37-78)129-106(124)73-61-92(102-96(66-73)135-113(141-102,79-38-18-6-19-39-79)80-40-20-7-21-41-80)131-108(126)75-63-94(104-98(68-75)137-115(143-104,83-46-26-10-27-47-83)84-48-28-11-29-49-84)133-110(128)89-70-88(121-122-89)59-56-71-54-57-87(58-55-71)117(118,119)120/h4-55,57-58,60-70H,56,59H2,1-3H3,(H,121,122). The van der Waals surface area contributed by atoms with E-state index in [1.807, 2.05) is 48.5 Å². The van der Waals surface area contributed by atoms with Crippen molar-refractivity contribution in [2.75, 3.05) is 0 Å². The topological polar surface area (TPSA) is 279 Å². The second-order valence-electron chi connectivity index (χ2n) is 35.2.